The Morgan fingerprint density at radius 1 is 1.05 bits per heavy atom. The van der Waals surface area contributed by atoms with Gasteiger partial charge in [-0.1, -0.05) is 18.2 Å². The topological polar surface area (TPSA) is 15.3 Å². The molecule has 2 nitrogen and oxygen atoms in total. The van der Waals surface area contributed by atoms with Crippen molar-refractivity contribution in [2.75, 3.05) is 25.5 Å². The highest BCUT2D eigenvalue weighted by atomic mass is 19.1. The molecule has 0 aromatic heterocycles. The Labute approximate surface area is 126 Å². The first kappa shape index (κ1) is 15.5. The Bertz CT molecular complexity index is 576. The Hall–Kier alpha value is -1.87. The lowest BCUT2D eigenvalue weighted by Gasteiger charge is -2.13. The molecule has 0 heterocycles. The minimum Gasteiger partial charge on any atom is -0.378 e. The van der Waals surface area contributed by atoms with Crippen molar-refractivity contribution in [1.82, 2.24) is 5.32 Å². The van der Waals surface area contributed by atoms with Crippen LogP contribution < -0.4 is 10.2 Å². The lowest BCUT2D eigenvalue weighted by Crippen LogP contribution is -2.17. The first-order chi connectivity index (χ1) is 10.1. The van der Waals surface area contributed by atoms with Gasteiger partial charge in [0, 0.05) is 26.3 Å². The van der Waals surface area contributed by atoms with Gasteiger partial charge in [-0.15, -0.1) is 0 Å². The molecule has 0 aliphatic carbocycles. The molecule has 0 fully saturated rings. The fraction of sp³-hybridized carbons (Fsp3) is 0.333. The molecule has 0 saturated heterocycles. The van der Waals surface area contributed by atoms with E-state index in [4.69, 9.17) is 0 Å². The van der Waals surface area contributed by atoms with Crippen LogP contribution in [0.5, 0.6) is 0 Å². The molecular formula is C18H23FN2. The monoisotopic (exact) mass is 286 g/mol. The highest BCUT2D eigenvalue weighted by molar-refractivity contribution is 5.45. The van der Waals surface area contributed by atoms with Gasteiger partial charge in [0.05, 0.1) is 0 Å². The third-order valence-corrected chi connectivity index (χ3v) is 3.66. The Kier molecular flexibility index (Phi) is 5.34. The minimum atomic E-state index is -0.162. The van der Waals surface area contributed by atoms with E-state index in [1.165, 1.54) is 22.9 Å². The molecule has 0 saturated carbocycles. The Morgan fingerprint density at radius 2 is 1.76 bits per heavy atom. The first-order valence-corrected chi connectivity index (χ1v) is 7.28. The lowest BCUT2D eigenvalue weighted by molar-refractivity contribution is 0.624. The van der Waals surface area contributed by atoms with Crippen LogP contribution in [0.25, 0.3) is 0 Å². The lowest BCUT2D eigenvalue weighted by atomic mass is 10.1. The summed E-state index contributed by atoms with van der Waals surface area (Å²) in [6.07, 6.45) is 0.919. The quantitative estimate of drug-likeness (QED) is 0.817. The molecule has 0 spiro atoms. The SMILES string of the molecule is Cc1cc(F)ccc1CCNCc1ccc(N(C)C)cc1. The van der Waals surface area contributed by atoms with Gasteiger partial charge in [0.25, 0.3) is 0 Å². The summed E-state index contributed by atoms with van der Waals surface area (Å²) in [4.78, 5) is 2.09. The summed E-state index contributed by atoms with van der Waals surface area (Å²) >= 11 is 0. The number of anilines is 1. The maximum Gasteiger partial charge on any atom is 0.123 e. The van der Waals surface area contributed by atoms with Gasteiger partial charge < -0.3 is 10.2 Å². The zero-order valence-corrected chi connectivity index (χ0v) is 13.0. The highest BCUT2D eigenvalue weighted by Gasteiger charge is 2.00. The molecule has 0 unspecified atom stereocenters. The Balaban J connectivity index is 1.79. The standard InChI is InChI=1S/C18H23FN2/c1-14-12-17(19)7-6-16(14)10-11-20-13-15-4-8-18(9-5-15)21(2)3/h4-9,12,20H,10-11,13H2,1-3H3. The average molecular weight is 286 g/mol. The van der Waals surface area contributed by atoms with Crippen LogP contribution in [0.1, 0.15) is 16.7 Å². The molecule has 112 valence electrons. The molecule has 1 N–H and O–H groups in total. The molecular weight excluding hydrogens is 263 g/mol. The predicted molar refractivity (Wildman–Crippen MR) is 87.3 cm³/mol. The van der Waals surface area contributed by atoms with Gasteiger partial charge in [-0.25, -0.2) is 4.39 Å². The maximum absolute atomic E-state index is 13.0. The van der Waals surface area contributed by atoms with Gasteiger partial charge in [-0.05, 0) is 60.8 Å². The third-order valence-electron chi connectivity index (χ3n) is 3.66. The van der Waals surface area contributed by atoms with Crippen molar-refractivity contribution in [3.8, 4) is 0 Å². The largest absolute Gasteiger partial charge is 0.378 e. The van der Waals surface area contributed by atoms with Crippen LogP contribution in [0.15, 0.2) is 42.5 Å². The maximum atomic E-state index is 13.0. The van der Waals surface area contributed by atoms with Crippen LogP contribution in [0.2, 0.25) is 0 Å². The van der Waals surface area contributed by atoms with E-state index in [2.05, 4.69) is 34.5 Å². The van der Waals surface area contributed by atoms with E-state index in [9.17, 15) is 4.39 Å². The van der Waals surface area contributed by atoms with Gasteiger partial charge in [-0.3, -0.25) is 0 Å². The summed E-state index contributed by atoms with van der Waals surface area (Å²) in [5, 5.41) is 3.43. The predicted octanol–water partition coefficient (Wildman–Crippen LogP) is 3.53. The molecule has 2 aromatic carbocycles. The van der Waals surface area contributed by atoms with Crippen LogP contribution in [-0.4, -0.2) is 20.6 Å². The van der Waals surface area contributed by atoms with E-state index in [0.29, 0.717) is 0 Å². The summed E-state index contributed by atoms with van der Waals surface area (Å²) in [5.41, 5.74) is 4.70. The number of halogens is 1. The second-order valence-electron chi connectivity index (χ2n) is 5.56. The van der Waals surface area contributed by atoms with E-state index in [-0.39, 0.29) is 5.82 Å². The van der Waals surface area contributed by atoms with Gasteiger partial charge >= 0.3 is 0 Å². The van der Waals surface area contributed by atoms with Crippen molar-refractivity contribution < 1.29 is 4.39 Å². The summed E-state index contributed by atoms with van der Waals surface area (Å²) in [5.74, 6) is -0.162. The molecule has 0 aliphatic heterocycles. The number of hydrogen-bond donors (Lipinski definition) is 1. The second-order valence-corrected chi connectivity index (χ2v) is 5.56. The summed E-state index contributed by atoms with van der Waals surface area (Å²) < 4.78 is 13.0. The normalized spacial score (nSPS) is 10.7. The van der Waals surface area contributed by atoms with Gasteiger partial charge in [0.15, 0.2) is 0 Å². The molecule has 3 heteroatoms. The van der Waals surface area contributed by atoms with Crippen LogP contribution in [0.3, 0.4) is 0 Å². The molecule has 21 heavy (non-hydrogen) atoms. The van der Waals surface area contributed by atoms with E-state index < -0.39 is 0 Å². The van der Waals surface area contributed by atoms with Crippen molar-refractivity contribution in [3.63, 3.8) is 0 Å². The zero-order valence-electron chi connectivity index (χ0n) is 13.0. The number of aryl methyl sites for hydroxylation is 1. The van der Waals surface area contributed by atoms with E-state index >= 15 is 0 Å². The number of nitrogens with zero attached hydrogens (tertiary/aromatic N) is 1. The van der Waals surface area contributed by atoms with E-state index in [0.717, 1.165) is 25.1 Å². The van der Waals surface area contributed by atoms with Crippen LogP contribution in [0, 0.1) is 12.7 Å². The van der Waals surface area contributed by atoms with Crippen LogP contribution in [-0.2, 0) is 13.0 Å². The van der Waals surface area contributed by atoms with Crippen LogP contribution >= 0.6 is 0 Å². The van der Waals surface area contributed by atoms with Crippen molar-refractivity contribution >= 4 is 5.69 Å². The highest BCUT2D eigenvalue weighted by Crippen LogP contribution is 2.12. The van der Waals surface area contributed by atoms with Gasteiger partial charge in [-0.2, -0.15) is 0 Å². The van der Waals surface area contributed by atoms with Gasteiger partial charge in [0.2, 0.25) is 0 Å². The molecule has 0 aliphatic rings. The average Bonchev–Trinajstić information content (AvgIpc) is 2.46. The summed E-state index contributed by atoms with van der Waals surface area (Å²) in [7, 11) is 4.08. The molecule has 0 atom stereocenters. The number of rotatable bonds is 6. The molecule has 0 amide bonds. The molecule has 2 aromatic rings. The van der Waals surface area contributed by atoms with Crippen molar-refractivity contribution in [2.24, 2.45) is 0 Å². The number of hydrogen-bond acceptors (Lipinski definition) is 2. The van der Waals surface area contributed by atoms with E-state index in [1.54, 1.807) is 6.07 Å². The molecule has 0 radical (unpaired) electrons. The van der Waals surface area contributed by atoms with Crippen molar-refractivity contribution in [2.45, 2.75) is 19.9 Å². The summed E-state index contributed by atoms with van der Waals surface area (Å²) in [6.45, 7) is 3.70. The van der Waals surface area contributed by atoms with E-state index in [1.807, 2.05) is 27.1 Å². The smallest absolute Gasteiger partial charge is 0.123 e. The van der Waals surface area contributed by atoms with Crippen molar-refractivity contribution in [3.05, 3.63) is 65.0 Å². The third kappa shape index (κ3) is 4.57. The Morgan fingerprint density at radius 3 is 2.38 bits per heavy atom. The minimum absolute atomic E-state index is 0.162. The first-order valence-electron chi connectivity index (χ1n) is 7.28. The molecule has 2 rings (SSSR count). The van der Waals surface area contributed by atoms with Crippen LogP contribution in [0.4, 0.5) is 10.1 Å². The van der Waals surface area contributed by atoms with Crippen molar-refractivity contribution in [1.29, 1.82) is 0 Å². The fourth-order valence-corrected chi connectivity index (χ4v) is 2.31. The zero-order chi connectivity index (χ0) is 15.2. The fourth-order valence-electron chi connectivity index (χ4n) is 2.31. The van der Waals surface area contributed by atoms with Gasteiger partial charge in [0.1, 0.15) is 5.82 Å². The number of nitrogens with one attached hydrogen (secondary N) is 1. The number of benzene rings is 2. The summed E-state index contributed by atoms with van der Waals surface area (Å²) in [6, 6.07) is 13.5. The molecule has 0 bridgehead atoms. The second kappa shape index (κ2) is 7.23.